The van der Waals surface area contributed by atoms with Gasteiger partial charge in [-0.25, -0.2) is 9.97 Å². The number of nitro groups is 2. The van der Waals surface area contributed by atoms with Crippen LogP contribution in [-0.2, 0) is 19.5 Å². The summed E-state index contributed by atoms with van der Waals surface area (Å²) in [6, 6.07) is 26.4. The summed E-state index contributed by atoms with van der Waals surface area (Å²) in [5.74, 6) is -0.182. The summed E-state index contributed by atoms with van der Waals surface area (Å²) < 4.78 is 0. The zero-order valence-corrected chi connectivity index (χ0v) is 24.8. The Balaban J connectivity index is 0.000000236. The van der Waals surface area contributed by atoms with E-state index in [1.165, 1.54) is 0 Å². The lowest BCUT2D eigenvalue weighted by Crippen LogP contribution is -2.19. The van der Waals surface area contributed by atoms with Crippen LogP contribution in [0.2, 0.25) is 10.3 Å². The van der Waals surface area contributed by atoms with E-state index in [1.807, 2.05) is 73.7 Å². The van der Waals surface area contributed by atoms with Crippen molar-refractivity contribution in [2.24, 2.45) is 0 Å². The summed E-state index contributed by atoms with van der Waals surface area (Å²) in [4.78, 5) is 28.7. The molecule has 0 bridgehead atoms. The fraction of sp³-hybridized carbons (Fsp3) is 0.161. The number of benzene rings is 2. The third-order valence-corrected chi connectivity index (χ3v) is 6.55. The Morgan fingerprint density at radius 2 is 1.28 bits per heavy atom. The number of nitrogens with zero attached hydrogens (tertiary/aromatic N) is 4. The van der Waals surface area contributed by atoms with Crippen molar-refractivity contribution in [2.75, 3.05) is 0 Å². The van der Waals surface area contributed by atoms with Crippen molar-refractivity contribution < 1.29 is 9.85 Å². The molecule has 0 aliphatic rings. The highest BCUT2D eigenvalue weighted by atomic mass is 35.5. The van der Waals surface area contributed by atoms with E-state index in [0.717, 1.165) is 34.7 Å². The fourth-order valence-electron chi connectivity index (χ4n) is 3.87. The number of hydrogen-bond donors (Lipinski definition) is 2. The molecule has 1 unspecified atom stereocenters. The van der Waals surface area contributed by atoms with Gasteiger partial charge in [-0.05, 0) is 34.4 Å². The van der Waals surface area contributed by atoms with Crippen molar-refractivity contribution in [3.8, 4) is 0 Å². The van der Waals surface area contributed by atoms with Crippen LogP contribution in [0.3, 0.4) is 0 Å². The molecule has 0 saturated heterocycles. The molecule has 0 radical (unpaired) electrons. The van der Waals surface area contributed by atoms with Crippen LogP contribution in [0.25, 0.3) is 0 Å². The smallest absolute Gasteiger partial charge is 0.253 e. The maximum absolute atomic E-state index is 10.9. The van der Waals surface area contributed by atoms with Crippen LogP contribution in [-0.4, -0.2) is 19.8 Å². The Kier molecular flexibility index (Phi) is 13.1. The molecule has 43 heavy (non-hydrogen) atoms. The van der Waals surface area contributed by atoms with Gasteiger partial charge < -0.3 is 10.6 Å². The molecule has 0 fully saturated rings. The standard InChI is InChI=1S/C16H16ClN3O2.C15H14ClN3O2/c1-12(14-7-8-16(17)19-10-14)15(11-20(21)22)18-9-13-5-3-2-4-6-13;16-15-7-6-13(10-18-15)8-14(11-19(20)21)17-9-12-4-2-1-3-5-12/h2-8,10-12,18H,9H2,1H3;1-7,10-11,17H,8-9H2/b15-11-;14-11-. The predicted molar refractivity (Wildman–Crippen MR) is 167 cm³/mol. The molecule has 0 aliphatic heterocycles. The Hall–Kier alpha value is -4.80. The van der Waals surface area contributed by atoms with E-state index in [1.54, 1.807) is 30.6 Å². The van der Waals surface area contributed by atoms with Crippen LogP contribution >= 0.6 is 23.2 Å². The van der Waals surface area contributed by atoms with Crippen molar-refractivity contribution in [1.82, 2.24) is 20.6 Å². The van der Waals surface area contributed by atoms with Gasteiger partial charge in [0.15, 0.2) is 0 Å². The minimum absolute atomic E-state index is 0.182. The third-order valence-electron chi connectivity index (χ3n) is 6.11. The molecule has 0 aliphatic carbocycles. The van der Waals surface area contributed by atoms with Crippen LogP contribution in [0.15, 0.2) is 121 Å². The van der Waals surface area contributed by atoms with Crippen molar-refractivity contribution in [3.05, 3.63) is 174 Å². The lowest BCUT2D eigenvalue weighted by atomic mass is 9.99. The second-order valence-corrected chi connectivity index (χ2v) is 10.1. The number of aromatic nitrogens is 2. The van der Waals surface area contributed by atoms with E-state index in [0.29, 0.717) is 41.2 Å². The van der Waals surface area contributed by atoms with Crippen LogP contribution in [0.5, 0.6) is 0 Å². The molecule has 4 aromatic rings. The Labute approximate surface area is 259 Å². The van der Waals surface area contributed by atoms with E-state index in [-0.39, 0.29) is 5.92 Å². The molecule has 2 heterocycles. The van der Waals surface area contributed by atoms with Gasteiger partial charge in [0.2, 0.25) is 0 Å². The third kappa shape index (κ3) is 12.3. The van der Waals surface area contributed by atoms with Gasteiger partial charge in [-0.15, -0.1) is 0 Å². The molecule has 2 N–H and O–H groups in total. The van der Waals surface area contributed by atoms with Gasteiger partial charge in [0.05, 0.1) is 21.2 Å². The SMILES string of the molecule is CC(/C(=C/[N+](=O)[O-])NCc1ccccc1)c1ccc(Cl)nc1.O=[N+]([O-])/C=C(/Cc1ccc(Cl)nc1)NCc1ccccc1. The Morgan fingerprint density at radius 3 is 1.77 bits per heavy atom. The van der Waals surface area contributed by atoms with Gasteiger partial charge in [-0.2, -0.15) is 0 Å². The first kappa shape index (κ1) is 32.7. The van der Waals surface area contributed by atoms with Crippen molar-refractivity contribution in [1.29, 1.82) is 0 Å². The Morgan fingerprint density at radius 1 is 0.744 bits per heavy atom. The molecular weight excluding hydrogens is 591 g/mol. The first-order valence-corrected chi connectivity index (χ1v) is 13.9. The van der Waals surface area contributed by atoms with Crippen LogP contribution in [0.4, 0.5) is 0 Å². The van der Waals surface area contributed by atoms with Gasteiger partial charge in [0.25, 0.3) is 12.4 Å². The van der Waals surface area contributed by atoms with E-state index in [9.17, 15) is 20.2 Å². The summed E-state index contributed by atoms with van der Waals surface area (Å²) in [5, 5.41) is 28.6. The Bertz CT molecular complexity index is 1520. The molecule has 0 amide bonds. The zero-order chi connectivity index (χ0) is 31.0. The minimum Gasteiger partial charge on any atom is -0.379 e. The molecule has 2 aromatic heterocycles. The average Bonchev–Trinajstić information content (AvgIpc) is 3.00. The number of hydrogen-bond acceptors (Lipinski definition) is 8. The summed E-state index contributed by atoms with van der Waals surface area (Å²) in [6.45, 7) is 2.94. The summed E-state index contributed by atoms with van der Waals surface area (Å²) >= 11 is 11.5. The summed E-state index contributed by atoms with van der Waals surface area (Å²) in [5.41, 5.74) is 4.87. The molecule has 1 atom stereocenters. The van der Waals surface area contributed by atoms with Gasteiger partial charge in [0, 0.05) is 37.8 Å². The normalized spacial score (nSPS) is 12.0. The van der Waals surface area contributed by atoms with Gasteiger partial charge in [-0.3, -0.25) is 20.2 Å². The lowest BCUT2D eigenvalue weighted by Gasteiger charge is -2.16. The highest BCUT2D eigenvalue weighted by Crippen LogP contribution is 2.23. The van der Waals surface area contributed by atoms with E-state index >= 15 is 0 Å². The van der Waals surface area contributed by atoms with Crippen LogP contribution in [0.1, 0.15) is 35.1 Å². The summed E-state index contributed by atoms with van der Waals surface area (Å²) in [6.07, 6.45) is 5.63. The van der Waals surface area contributed by atoms with Crippen molar-refractivity contribution in [2.45, 2.75) is 32.4 Å². The quantitative estimate of drug-likeness (QED) is 0.0988. The largest absolute Gasteiger partial charge is 0.379 e. The van der Waals surface area contributed by atoms with Gasteiger partial charge >= 0.3 is 0 Å². The maximum atomic E-state index is 10.9. The molecule has 0 spiro atoms. The summed E-state index contributed by atoms with van der Waals surface area (Å²) in [7, 11) is 0. The topological polar surface area (TPSA) is 136 Å². The highest BCUT2D eigenvalue weighted by Gasteiger charge is 2.15. The minimum atomic E-state index is -0.462. The number of pyridine rings is 2. The van der Waals surface area contributed by atoms with Gasteiger partial charge in [0.1, 0.15) is 10.3 Å². The van der Waals surface area contributed by atoms with Crippen LogP contribution in [0, 0.1) is 20.2 Å². The second kappa shape index (κ2) is 17.2. The molecule has 12 heteroatoms. The van der Waals surface area contributed by atoms with Gasteiger partial charge in [-0.1, -0.05) is 103 Å². The van der Waals surface area contributed by atoms with E-state index in [2.05, 4.69) is 20.6 Å². The van der Waals surface area contributed by atoms with Crippen molar-refractivity contribution >= 4 is 23.2 Å². The molecule has 10 nitrogen and oxygen atoms in total. The second-order valence-electron chi connectivity index (χ2n) is 9.29. The lowest BCUT2D eigenvalue weighted by molar-refractivity contribution is -0.404. The number of nitrogens with one attached hydrogen (secondary N) is 2. The molecule has 0 saturated carbocycles. The monoisotopic (exact) mass is 620 g/mol. The first-order valence-electron chi connectivity index (χ1n) is 13.2. The molecular formula is C31H30Cl2N6O4. The van der Waals surface area contributed by atoms with Crippen LogP contribution < -0.4 is 10.6 Å². The van der Waals surface area contributed by atoms with Crippen molar-refractivity contribution in [3.63, 3.8) is 0 Å². The first-order chi connectivity index (χ1) is 20.7. The zero-order valence-electron chi connectivity index (χ0n) is 23.3. The number of rotatable bonds is 12. The van der Waals surface area contributed by atoms with E-state index < -0.39 is 9.85 Å². The number of allylic oxidation sites excluding steroid dienone is 2. The molecule has 2 aromatic carbocycles. The van der Waals surface area contributed by atoms with E-state index in [4.69, 9.17) is 23.2 Å². The highest BCUT2D eigenvalue weighted by molar-refractivity contribution is 6.29. The maximum Gasteiger partial charge on any atom is 0.253 e. The molecule has 222 valence electrons. The predicted octanol–water partition coefficient (Wildman–Crippen LogP) is 6.93. The number of halogens is 2. The average molecular weight is 622 g/mol. The molecule has 4 rings (SSSR count). The fourth-order valence-corrected chi connectivity index (χ4v) is 4.09.